The lowest BCUT2D eigenvalue weighted by Crippen LogP contribution is -2.20. The number of unbranched alkanes of at least 4 members (excludes halogenated alkanes) is 1. The van der Waals surface area contributed by atoms with Crippen LogP contribution in [0.25, 0.3) is 6.08 Å². The number of carbonyl (C=O) groups excluding carboxylic acids is 2. The largest absolute Gasteiger partial charge is 0.490 e. The first-order chi connectivity index (χ1) is 14.5. The molecule has 7 heteroatoms. The Hall–Kier alpha value is -3.35. The number of carbonyl (C=O) groups is 2. The van der Waals surface area contributed by atoms with Crippen molar-refractivity contribution < 1.29 is 28.2 Å². The number of halogens is 1. The molecule has 2 rings (SSSR count). The Kier molecular flexibility index (Phi) is 9.37. The minimum atomic E-state index is -0.662. The van der Waals surface area contributed by atoms with Crippen molar-refractivity contribution in [1.29, 1.82) is 0 Å². The van der Waals surface area contributed by atoms with Crippen LogP contribution in [-0.4, -0.2) is 31.7 Å². The van der Waals surface area contributed by atoms with Crippen LogP contribution in [0.4, 0.5) is 10.1 Å². The van der Waals surface area contributed by atoms with Gasteiger partial charge in [0.25, 0.3) is 5.91 Å². The summed E-state index contributed by atoms with van der Waals surface area (Å²) in [7, 11) is 0. The van der Waals surface area contributed by atoms with Crippen molar-refractivity contribution in [3.63, 3.8) is 0 Å². The van der Waals surface area contributed by atoms with Gasteiger partial charge in [-0.25, -0.2) is 9.18 Å². The second kappa shape index (κ2) is 12.3. The van der Waals surface area contributed by atoms with Crippen LogP contribution in [0.2, 0.25) is 0 Å². The predicted molar refractivity (Wildman–Crippen MR) is 113 cm³/mol. The Morgan fingerprint density at radius 1 is 1.03 bits per heavy atom. The molecule has 0 atom stereocenters. The summed E-state index contributed by atoms with van der Waals surface area (Å²) in [4.78, 5) is 23.7. The first kappa shape index (κ1) is 22.9. The zero-order valence-electron chi connectivity index (χ0n) is 17.2. The van der Waals surface area contributed by atoms with Crippen LogP contribution < -0.4 is 14.8 Å². The molecule has 0 saturated carbocycles. The van der Waals surface area contributed by atoms with Gasteiger partial charge in [0.2, 0.25) is 0 Å². The van der Waals surface area contributed by atoms with Gasteiger partial charge < -0.3 is 19.5 Å². The molecule has 1 N–H and O–H groups in total. The van der Waals surface area contributed by atoms with Gasteiger partial charge in [0.05, 0.1) is 13.2 Å². The molecule has 0 spiro atoms. The van der Waals surface area contributed by atoms with Gasteiger partial charge in [0, 0.05) is 11.8 Å². The van der Waals surface area contributed by atoms with Crippen LogP contribution in [0.3, 0.4) is 0 Å². The first-order valence-electron chi connectivity index (χ1n) is 9.81. The van der Waals surface area contributed by atoms with Gasteiger partial charge in [-0.1, -0.05) is 19.4 Å². The van der Waals surface area contributed by atoms with Crippen molar-refractivity contribution in [3.8, 4) is 11.5 Å². The summed E-state index contributed by atoms with van der Waals surface area (Å²) in [5.41, 5.74) is 1.15. The molecule has 0 aromatic heterocycles. The molecule has 0 aliphatic rings. The summed E-state index contributed by atoms with van der Waals surface area (Å²) in [6.07, 6.45) is 4.79. The maximum Gasteiger partial charge on any atom is 0.331 e. The van der Waals surface area contributed by atoms with E-state index in [1.165, 1.54) is 30.3 Å². The third kappa shape index (κ3) is 7.95. The van der Waals surface area contributed by atoms with Crippen molar-refractivity contribution in [3.05, 3.63) is 59.9 Å². The van der Waals surface area contributed by atoms with Crippen molar-refractivity contribution in [2.24, 2.45) is 0 Å². The van der Waals surface area contributed by atoms with Gasteiger partial charge in [0.15, 0.2) is 18.1 Å². The van der Waals surface area contributed by atoms with Gasteiger partial charge >= 0.3 is 5.97 Å². The minimum absolute atomic E-state index is 0.405. The predicted octanol–water partition coefficient (Wildman–Crippen LogP) is 4.60. The van der Waals surface area contributed by atoms with E-state index in [0.29, 0.717) is 30.4 Å². The lowest BCUT2D eigenvalue weighted by atomic mass is 10.2. The van der Waals surface area contributed by atoms with Crippen LogP contribution in [0.15, 0.2) is 48.5 Å². The number of hydrogen-bond donors (Lipinski definition) is 1. The monoisotopic (exact) mass is 415 g/mol. The van der Waals surface area contributed by atoms with Gasteiger partial charge in [-0.2, -0.15) is 0 Å². The standard InChI is InChI=1S/C23H26FNO5/c1-3-5-14-29-20-12-6-17(15-21(20)28-4-2)7-13-23(27)30-16-22(26)25-19-10-8-18(24)9-11-19/h6-13,15H,3-5,14,16H2,1-2H3,(H,25,26)/b13-7+. The smallest absolute Gasteiger partial charge is 0.331 e. The highest BCUT2D eigenvalue weighted by atomic mass is 19.1. The average molecular weight is 415 g/mol. The molecule has 0 fully saturated rings. The Balaban J connectivity index is 1.87. The normalized spacial score (nSPS) is 10.6. The first-order valence-corrected chi connectivity index (χ1v) is 9.81. The van der Waals surface area contributed by atoms with E-state index in [0.717, 1.165) is 18.4 Å². The number of amides is 1. The molecule has 0 unspecified atom stereocenters. The maximum atomic E-state index is 12.9. The number of rotatable bonds is 11. The average Bonchev–Trinajstić information content (AvgIpc) is 2.74. The zero-order chi connectivity index (χ0) is 21.8. The van der Waals surface area contributed by atoms with Crippen LogP contribution in [-0.2, 0) is 14.3 Å². The fourth-order valence-corrected chi connectivity index (χ4v) is 2.42. The Bertz CT molecular complexity index is 864. The summed E-state index contributed by atoms with van der Waals surface area (Å²) in [6, 6.07) is 10.6. The van der Waals surface area contributed by atoms with Gasteiger partial charge in [-0.3, -0.25) is 4.79 Å². The van der Waals surface area contributed by atoms with E-state index in [-0.39, 0.29) is 0 Å². The summed E-state index contributed by atoms with van der Waals surface area (Å²) >= 11 is 0. The fraction of sp³-hybridized carbons (Fsp3) is 0.304. The number of benzene rings is 2. The van der Waals surface area contributed by atoms with Crippen LogP contribution in [0.1, 0.15) is 32.3 Å². The van der Waals surface area contributed by atoms with E-state index in [1.807, 2.05) is 6.92 Å². The SMILES string of the molecule is CCCCOc1ccc(/C=C/C(=O)OCC(=O)Nc2ccc(F)cc2)cc1OCC. The highest BCUT2D eigenvalue weighted by Gasteiger charge is 2.08. The molecular formula is C23H26FNO5. The third-order valence-corrected chi connectivity index (χ3v) is 3.91. The molecule has 160 valence electrons. The molecule has 1 amide bonds. The second-order valence-electron chi connectivity index (χ2n) is 6.34. The number of anilines is 1. The molecular weight excluding hydrogens is 389 g/mol. The number of ether oxygens (including phenoxy) is 3. The molecule has 0 aliphatic heterocycles. The van der Waals surface area contributed by atoms with Crippen molar-refractivity contribution >= 4 is 23.6 Å². The van der Waals surface area contributed by atoms with Crippen molar-refractivity contribution in [2.45, 2.75) is 26.7 Å². The number of hydrogen-bond acceptors (Lipinski definition) is 5. The van der Waals surface area contributed by atoms with E-state index in [1.54, 1.807) is 24.3 Å². The highest BCUT2D eigenvalue weighted by molar-refractivity contribution is 5.94. The number of nitrogens with one attached hydrogen (secondary N) is 1. The summed E-state index contributed by atoms with van der Waals surface area (Å²) in [5.74, 6) is -0.330. The number of esters is 1. The molecule has 0 heterocycles. The molecule has 2 aromatic rings. The lowest BCUT2D eigenvalue weighted by molar-refractivity contribution is -0.142. The van der Waals surface area contributed by atoms with Crippen molar-refractivity contribution in [2.75, 3.05) is 25.1 Å². The summed E-state index contributed by atoms with van der Waals surface area (Å²) in [5, 5.41) is 2.51. The second-order valence-corrected chi connectivity index (χ2v) is 6.34. The lowest BCUT2D eigenvalue weighted by Gasteiger charge is -2.12. The zero-order valence-corrected chi connectivity index (χ0v) is 17.2. The van der Waals surface area contributed by atoms with Gasteiger partial charge in [0.1, 0.15) is 5.82 Å². The molecule has 0 saturated heterocycles. The molecule has 0 aliphatic carbocycles. The Morgan fingerprint density at radius 2 is 1.80 bits per heavy atom. The topological polar surface area (TPSA) is 73.9 Å². The molecule has 0 bridgehead atoms. The van der Waals surface area contributed by atoms with E-state index >= 15 is 0 Å². The molecule has 0 radical (unpaired) electrons. The van der Waals surface area contributed by atoms with Crippen LogP contribution in [0.5, 0.6) is 11.5 Å². The summed E-state index contributed by atoms with van der Waals surface area (Å²) < 4.78 is 29.1. The van der Waals surface area contributed by atoms with E-state index in [4.69, 9.17) is 14.2 Å². The molecule has 6 nitrogen and oxygen atoms in total. The Morgan fingerprint density at radius 3 is 2.50 bits per heavy atom. The van der Waals surface area contributed by atoms with E-state index < -0.39 is 24.3 Å². The van der Waals surface area contributed by atoms with Crippen LogP contribution in [0, 0.1) is 5.82 Å². The Labute approximate surface area is 175 Å². The van der Waals surface area contributed by atoms with Gasteiger partial charge in [-0.05, 0) is 61.4 Å². The van der Waals surface area contributed by atoms with Crippen LogP contribution >= 0.6 is 0 Å². The third-order valence-electron chi connectivity index (χ3n) is 3.91. The molecule has 30 heavy (non-hydrogen) atoms. The van der Waals surface area contributed by atoms with Gasteiger partial charge in [-0.15, -0.1) is 0 Å². The van der Waals surface area contributed by atoms with E-state index in [2.05, 4.69) is 12.2 Å². The summed E-state index contributed by atoms with van der Waals surface area (Å²) in [6.45, 7) is 4.62. The minimum Gasteiger partial charge on any atom is -0.490 e. The maximum absolute atomic E-state index is 12.9. The highest BCUT2D eigenvalue weighted by Crippen LogP contribution is 2.29. The van der Waals surface area contributed by atoms with Crippen molar-refractivity contribution in [1.82, 2.24) is 0 Å². The fourth-order valence-electron chi connectivity index (χ4n) is 2.42. The van der Waals surface area contributed by atoms with E-state index in [9.17, 15) is 14.0 Å². The quantitative estimate of drug-likeness (QED) is 0.330. The molecule has 2 aromatic carbocycles.